The van der Waals surface area contributed by atoms with Gasteiger partial charge in [0.05, 0.1) is 23.1 Å². The monoisotopic (exact) mass is 361 g/mol. The molecule has 134 valence electrons. The van der Waals surface area contributed by atoms with Crippen LogP contribution in [0.2, 0.25) is 0 Å². The van der Waals surface area contributed by atoms with Gasteiger partial charge < -0.3 is 10.1 Å². The third-order valence-corrected chi connectivity index (χ3v) is 3.60. The molecule has 0 fully saturated rings. The Balaban J connectivity index is 1.74. The first-order valence-corrected chi connectivity index (χ1v) is 7.61. The van der Waals surface area contributed by atoms with Crippen molar-refractivity contribution < 1.29 is 22.7 Å². The van der Waals surface area contributed by atoms with Crippen molar-refractivity contribution in [2.24, 2.45) is 0 Å². The second-order valence-corrected chi connectivity index (χ2v) is 5.42. The lowest BCUT2D eigenvalue weighted by atomic mass is 10.2. The van der Waals surface area contributed by atoms with E-state index in [9.17, 15) is 18.0 Å². The number of halogens is 3. The van der Waals surface area contributed by atoms with Gasteiger partial charge in [-0.2, -0.15) is 5.10 Å². The first-order chi connectivity index (χ1) is 12.3. The summed E-state index contributed by atoms with van der Waals surface area (Å²) >= 11 is 0. The molecule has 8 heteroatoms. The first-order valence-electron chi connectivity index (χ1n) is 7.61. The van der Waals surface area contributed by atoms with Crippen LogP contribution in [-0.4, -0.2) is 22.1 Å². The van der Waals surface area contributed by atoms with Crippen molar-refractivity contribution in [1.29, 1.82) is 0 Å². The number of nitrogens with one attached hydrogen (secondary N) is 1. The van der Waals surface area contributed by atoms with Crippen molar-refractivity contribution >= 4 is 11.6 Å². The molecule has 0 aliphatic rings. The van der Waals surface area contributed by atoms with E-state index in [1.54, 1.807) is 11.6 Å². The molecule has 0 saturated heterocycles. The van der Waals surface area contributed by atoms with E-state index in [2.05, 4.69) is 15.2 Å². The Morgan fingerprint density at radius 2 is 1.73 bits per heavy atom. The quantitative estimate of drug-likeness (QED) is 0.752. The van der Waals surface area contributed by atoms with Crippen LogP contribution < -0.4 is 10.1 Å². The second-order valence-electron chi connectivity index (χ2n) is 5.42. The van der Waals surface area contributed by atoms with Gasteiger partial charge in [-0.1, -0.05) is 18.2 Å². The lowest BCUT2D eigenvalue weighted by molar-refractivity contribution is -0.274. The van der Waals surface area contributed by atoms with Gasteiger partial charge in [0.25, 0.3) is 5.91 Å². The standard InChI is InChI=1S/C18H14F3N3O2/c1-12-16(11-22-24(12)14-5-3-2-4-6-14)17(25)23-13-7-9-15(10-8-13)26-18(19,20)21/h2-11H,1H3,(H,23,25). The van der Waals surface area contributed by atoms with E-state index >= 15 is 0 Å². The van der Waals surface area contributed by atoms with Crippen LogP contribution in [0.25, 0.3) is 5.69 Å². The fourth-order valence-electron chi connectivity index (χ4n) is 2.40. The molecule has 0 unspecified atom stereocenters. The highest BCUT2D eigenvalue weighted by atomic mass is 19.4. The van der Waals surface area contributed by atoms with Crippen molar-refractivity contribution in [3.63, 3.8) is 0 Å². The molecule has 3 rings (SSSR count). The summed E-state index contributed by atoms with van der Waals surface area (Å²) in [5.74, 6) is -0.766. The van der Waals surface area contributed by atoms with Gasteiger partial charge in [0.1, 0.15) is 5.75 Å². The van der Waals surface area contributed by atoms with Crippen LogP contribution in [0.5, 0.6) is 5.75 Å². The minimum atomic E-state index is -4.76. The summed E-state index contributed by atoms with van der Waals surface area (Å²) in [5, 5.41) is 6.84. The summed E-state index contributed by atoms with van der Waals surface area (Å²) in [6.07, 6.45) is -3.31. The van der Waals surface area contributed by atoms with Gasteiger partial charge in [0.15, 0.2) is 0 Å². The Labute approximate surface area is 147 Å². The van der Waals surface area contributed by atoms with Gasteiger partial charge in [-0.25, -0.2) is 4.68 Å². The highest BCUT2D eigenvalue weighted by molar-refractivity contribution is 6.05. The lowest BCUT2D eigenvalue weighted by Gasteiger charge is -2.10. The molecule has 0 aliphatic carbocycles. The zero-order valence-corrected chi connectivity index (χ0v) is 13.6. The first kappa shape index (κ1) is 17.5. The van der Waals surface area contributed by atoms with Crippen molar-refractivity contribution in [2.75, 3.05) is 5.32 Å². The number of carbonyl (C=O) groups is 1. The Morgan fingerprint density at radius 3 is 2.35 bits per heavy atom. The summed E-state index contributed by atoms with van der Waals surface area (Å²) < 4.78 is 41.9. The Kier molecular flexibility index (Phi) is 4.66. The molecule has 1 heterocycles. The van der Waals surface area contributed by atoms with E-state index < -0.39 is 12.3 Å². The summed E-state index contributed by atoms with van der Waals surface area (Å²) in [5.41, 5.74) is 2.17. The molecular formula is C18H14F3N3O2. The molecule has 1 aromatic heterocycles. The predicted molar refractivity (Wildman–Crippen MR) is 89.4 cm³/mol. The van der Waals surface area contributed by atoms with Crippen molar-refractivity contribution in [3.05, 3.63) is 72.1 Å². The van der Waals surface area contributed by atoms with Crippen molar-refractivity contribution in [3.8, 4) is 11.4 Å². The number of nitrogens with zero attached hydrogens (tertiary/aromatic N) is 2. The topological polar surface area (TPSA) is 56.1 Å². The normalized spacial score (nSPS) is 11.2. The van der Waals surface area contributed by atoms with Gasteiger partial charge in [-0.3, -0.25) is 4.79 Å². The number of alkyl halides is 3. The van der Waals surface area contributed by atoms with Gasteiger partial charge >= 0.3 is 6.36 Å². The highest BCUT2D eigenvalue weighted by Gasteiger charge is 2.31. The van der Waals surface area contributed by atoms with Crippen LogP contribution in [0.1, 0.15) is 16.1 Å². The second kappa shape index (κ2) is 6.91. The number of rotatable bonds is 4. The van der Waals surface area contributed by atoms with Crippen molar-refractivity contribution in [1.82, 2.24) is 9.78 Å². The zero-order chi connectivity index (χ0) is 18.7. The number of para-hydroxylation sites is 1. The van der Waals surface area contributed by atoms with Crippen LogP contribution in [0.15, 0.2) is 60.8 Å². The van der Waals surface area contributed by atoms with Crippen LogP contribution in [0.3, 0.4) is 0 Å². The van der Waals surface area contributed by atoms with Gasteiger partial charge in [0.2, 0.25) is 0 Å². The maximum Gasteiger partial charge on any atom is 0.573 e. The number of carbonyl (C=O) groups excluding carboxylic acids is 1. The molecule has 1 N–H and O–H groups in total. The van der Waals surface area contributed by atoms with Crippen LogP contribution in [0.4, 0.5) is 18.9 Å². The van der Waals surface area contributed by atoms with E-state index in [0.717, 1.165) is 17.8 Å². The molecule has 26 heavy (non-hydrogen) atoms. The average Bonchev–Trinajstić information content (AvgIpc) is 2.98. The van der Waals surface area contributed by atoms with Crippen LogP contribution in [-0.2, 0) is 0 Å². The largest absolute Gasteiger partial charge is 0.573 e. The molecule has 0 saturated carbocycles. The van der Waals surface area contributed by atoms with Gasteiger partial charge in [-0.05, 0) is 43.3 Å². The Morgan fingerprint density at radius 1 is 1.08 bits per heavy atom. The van der Waals surface area contributed by atoms with E-state index in [0.29, 0.717) is 16.9 Å². The molecule has 0 spiro atoms. The van der Waals surface area contributed by atoms with Crippen molar-refractivity contribution in [2.45, 2.75) is 13.3 Å². The molecule has 1 amide bonds. The fraction of sp³-hybridized carbons (Fsp3) is 0.111. The number of hydrogen-bond donors (Lipinski definition) is 1. The molecule has 5 nitrogen and oxygen atoms in total. The zero-order valence-electron chi connectivity index (χ0n) is 13.6. The Hall–Kier alpha value is -3.29. The Bertz CT molecular complexity index is 904. The van der Waals surface area contributed by atoms with Crippen LogP contribution >= 0.6 is 0 Å². The third kappa shape index (κ3) is 4.02. The molecule has 0 atom stereocenters. The number of ether oxygens (including phenoxy) is 1. The van der Waals surface area contributed by atoms with E-state index in [1.165, 1.54) is 18.3 Å². The average molecular weight is 361 g/mol. The van der Waals surface area contributed by atoms with E-state index in [4.69, 9.17) is 0 Å². The van der Waals surface area contributed by atoms with Gasteiger partial charge in [-0.15, -0.1) is 13.2 Å². The molecule has 2 aromatic carbocycles. The van der Waals surface area contributed by atoms with E-state index in [-0.39, 0.29) is 5.75 Å². The SMILES string of the molecule is Cc1c(C(=O)Nc2ccc(OC(F)(F)F)cc2)cnn1-c1ccccc1. The van der Waals surface area contributed by atoms with Crippen LogP contribution in [0, 0.1) is 6.92 Å². The third-order valence-electron chi connectivity index (χ3n) is 3.60. The minimum absolute atomic E-state index is 0.344. The van der Waals surface area contributed by atoms with E-state index in [1.807, 2.05) is 30.3 Å². The summed E-state index contributed by atoms with van der Waals surface area (Å²) in [4.78, 5) is 12.4. The smallest absolute Gasteiger partial charge is 0.406 e. The number of hydrogen-bond acceptors (Lipinski definition) is 3. The number of anilines is 1. The molecular weight excluding hydrogens is 347 g/mol. The fourth-order valence-corrected chi connectivity index (χ4v) is 2.40. The number of amides is 1. The summed E-state index contributed by atoms with van der Waals surface area (Å²) in [6, 6.07) is 14.2. The summed E-state index contributed by atoms with van der Waals surface area (Å²) in [6.45, 7) is 1.76. The highest BCUT2D eigenvalue weighted by Crippen LogP contribution is 2.24. The lowest BCUT2D eigenvalue weighted by Crippen LogP contribution is -2.17. The maximum atomic E-state index is 12.4. The number of aromatic nitrogens is 2. The maximum absolute atomic E-state index is 12.4. The number of benzene rings is 2. The molecule has 0 aliphatic heterocycles. The summed E-state index contributed by atoms with van der Waals surface area (Å²) in [7, 11) is 0. The van der Waals surface area contributed by atoms with Gasteiger partial charge in [0, 0.05) is 5.69 Å². The molecule has 0 radical (unpaired) electrons. The predicted octanol–water partition coefficient (Wildman–Crippen LogP) is 4.33. The molecule has 3 aromatic rings. The minimum Gasteiger partial charge on any atom is -0.406 e. The molecule has 0 bridgehead atoms.